The molecule has 0 saturated heterocycles. The second-order valence-corrected chi connectivity index (χ2v) is 9.46. The number of hydrogen-bond acceptors (Lipinski definition) is 5. The fraction of sp³-hybridized carbons (Fsp3) is 0.120. The Balaban J connectivity index is 1.54. The summed E-state index contributed by atoms with van der Waals surface area (Å²) in [6, 6.07) is 24.2. The first-order valence-electron chi connectivity index (χ1n) is 10.7. The highest BCUT2D eigenvalue weighted by molar-refractivity contribution is 8.00. The van der Waals surface area contributed by atoms with Gasteiger partial charge in [0.05, 0.1) is 33.4 Å². The number of thioether (sulfide) groups is 1. The number of nitrogens with one attached hydrogen (secondary N) is 1. The van der Waals surface area contributed by atoms with Crippen LogP contribution in [-0.2, 0) is 11.3 Å². The number of anilines is 1. The smallest absolute Gasteiger partial charge is 0.263 e. The summed E-state index contributed by atoms with van der Waals surface area (Å²) in [6.45, 7) is 2.15. The number of aromatic nitrogens is 4. The highest BCUT2D eigenvalue weighted by Gasteiger charge is 2.22. The molecule has 2 heterocycles. The number of carbonyl (C=O) groups excluding carboxylic acids is 1. The van der Waals surface area contributed by atoms with Crippen LogP contribution in [0.25, 0.3) is 16.7 Å². The van der Waals surface area contributed by atoms with E-state index in [1.165, 1.54) is 11.8 Å². The molecule has 0 spiro atoms. The normalized spacial score (nSPS) is 12.2. The van der Waals surface area contributed by atoms with Crippen LogP contribution in [0.4, 0.5) is 5.69 Å². The molecule has 1 unspecified atom stereocenters. The Bertz CT molecular complexity index is 1560. The van der Waals surface area contributed by atoms with Crippen LogP contribution in [-0.4, -0.2) is 30.3 Å². The Morgan fingerprint density at radius 1 is 1.00 bits per heavy atom. The van der Waals surface area contributed by atoms with Crippen molar-refractivity contribution in [2.75, 3.05) is 5.32 Å². The van der Waals surface area contributed by atoms with Gasteiger partial charge >= 0.3 is 0 Å². The van der Waals surface area contributed by atoms with E-state index in [2.05, 4.69) is 15.5 Å². The maximum atomic E-state index is 13.3. The number of amides is 1. The zero-order chi connectivity index (χ0) is 23.7. The van der Waals surface area contributed by atoms with E-state index in [0.717, 1.165) is 5.56 Å². The number of halogens is 1. The van der Waals surface area contributed by atoms with Gasteiger partial charge < -0.3 is 5.32 Å². The quantitative estimate of drug-likeness (QED) is 0.344. The summed E-state index contributed by atoms with van der Waals surface area (Å²) < 4.78 is 3.45. The van der Waals surface area contributed by atoms with Crippen LogP contribution in [0.15, 0.2) is 88.8 Å². The lowest BCUT2D eigenvalue weighted by molar-refractivity contribution is -0.115. The van der Waals surface area contributed by atoms with Crippen molar-refractivity contribution in [3.8, 4) is 0 Å². The Hall–Kier alpha value is -3.62. The molecule has 5 aromatic rings. The molecule has 0 aliphatic carbocycles. The standard InChI is InChI=1S/C25H20ClN5O2S/c1-16(22(32)27-20-13-7-6-12-19(20)26)34-25-29-28-24-30(15-17-9-3-2-4-10-17)23(33)18-11-5-8-14-21(18)31(24)25/h2-14,16H,15H2,1H3,(H,27,32). The lowest BCUT2D eigenvalue weighted by atomic mass is 10.2. The molecule has 9 heteroatoms. The third-order valence-corrected chi connectivity index (χ3v) is 6.82. The minimum atomic E-state index is -0.489. The molecule has 1 atom stereocenters. The first kappa shape index (κ1) is 22.2. The van der Waals surface area contributed by atoms with Crippen molar-refractivity contribution in [3.63, 3.8) is 0 Å². The van der Waals surface area contributed by atoms with Crippen LogP contribution in [0.1, 0.15) is 12.5 Å². The SMILES string of the molecule is CC(Sc1nnc2n(Cc3ccccc3)c(=O)c3ccccc3n12)C(=O)Nc1ccccc1Cl. The van der Waals surface area contributed by atoms with E-state index in [0.29, 0.717) is 39.1 Å². The van der Waals surface area contributed by atoms with Gasteiger partial charge in [0.25, 0.3) is 5.56 Å². The summed E-state index contributed by atoms with van der Waals surface area (Å²) in [7, 11) is 0. The molecule has 0 radical (unpaired) electrons. The molecule has 170 valence electrons. The van der Waals surface area contributed by atoms with Gasteiger partial charge in [0.1, 0.15) is 0 Å². The van der Waals surface area contributed by atoms with E-state index in [-0.39, 0.29) is 11.5 Å². The van der Waals surface area contributed by atoms with Crippen molar-refractivity contribution < 1.29 is 4.79 Å². The van der Waals surface area contributed by atoms with Crippen molar-refractivity contribution in [2.24, 2.45) is 0 Å². The predicted molar refractivity (Wildman–Crippen MR) is 136 cm³/mol. The van der Waals surface area contributed by atoms with Crippen LogP contribution in [0.5, 0.6) is 0 Å². The summed E-state index contributed by atoms with van der Waals surface area (Å²) in [5, 5.41) is 12.6. The summed E-state index contributed by atoms with van der Waals surface area (Å²) in [5.41, 5.74) is 2.08. The molecule has 1 amide bonds. The number of fused-ring (bicyclic) bond motifs is 3. The molecule has 7 nitrogen and oxygen atoms in total. The lowest BCUT2D eigenvalue weighted by Gasteiger charge is -2.14. The van der Waals surface area contributed by atoms with E-state index < -0.39 is 5.25 Å². The molecule has 0 saturated carbocycles. The summed E-state index contributed by atoms with van der Waals surface area (Å²) >= 11 is 7.45. The van der Waals surface area contributed by atoms with Crippen molar-refractivity contribution >= 4 is 51.6 Å². The highest BCUT2D eigenvalue weighted by Crippen LogP contribution is 2.27. The maximum Gasteiger partial charge on any atom is 0.263 e. The van der Waals surface area contributed by atoms with Gasteiger partial charge in [-0.1, -0.05) is 78.0 Å². The van der Waals surface area contributed by atoms with E-state index in [4.69, 9.17) is 11.6 Å². The molecule has 1 N–H and O–H groups in total. The van der Waals surface area contributed by atoms with Gasteiger partial charge in [-0.3, -0.25) is 18.6 Å². The van der Waals surface area contributed by atoms with Crippen molar-refractivity contribution in [1.82, 2.24) is 19.2 Å². The van der Waals surface area contributed by atoms with Crippen LogP contribution < -0.4 is 10.9 Å². The Morgan fingerprint density at radius 2 is 1.71 bits per heavy atom. The van der Waals surface area contributed by atoms with Crippen molar-refractivity contribution in [1.29, 1.82) is 0 Å². The lowest BCUT2D eigenvalue weighted by Crippen LogP contribution is -2.24. The zero-order valence-electron chi connectivity index (χ0n) is 18.2. The maximum absolute atomic E-state index is 13.3. The molecular weight excluding hydrogens is 470 g/mol. The third-order valence-electron chi connectivity index (χ3n) is 5.44. The van der Waals surface area contributed by atoms with Gasteiger partial charge in [-0.2, -0.15) is 0 Å². The molecule has 0 aliphatic heterocycles. The third kappa shape index (κ3) is 4.18. The summed E-state index contributed by atoms with van der Waals surface area (Å²) in [5.74, 6) is 0.213. The molecular formula is C25H20ClN5O2S. The van der Waals surface area contributed by atoms with E-state index in [9.17, 15) is 9.59 Å². The largest absolute Gasteiger partial charge is 0.324 e. The average Bonchev–Trinajstić information content (AvgIpc) is 3.27. The van der Waals surface area contributed by atoms with Crippen LogP contribution in [0.2, 0.25) is 5.02 Å². The number of nitrogens with zero attached hydrogens (tertiary/aromatic N) is 4. The zero-order valence-corrected chi connectivity index (χ0v) is 19.8. The minimum absolute atomic E-state index is 0.139. The molecule has 0 bridgehead atoms. The number of para-hydroxylation sites is 2. The first-order chi connectivity index (χ1) is 16.5. The second-order valence-electron chi connectivity index (χ2n) is 7.74. The van der Waals surface area contributed by atoms with Crippen LogP contribution in [0, 0.1) is 0 Å². The highest BCUT2D eigenvalue weighted by atomic mass is 35.5. The van der Waals surface area contributed by atoms with Crippen LogP contribution >= 0.6 is 23.4 Å². The number of benzene rings is 3. The van der Waals surface area contributed by atoms with E-state index >= 15 is 0 Å². The number of hydrogen-bond donors (Lipinski definition) is 1. The molecule has 3 aromatic carbocycles. The van der Waals surface area contributed by atoms with Gasteiger partial charge in [-0.25, -0.2) is 0 Å². The minimum Gasteiger partial charge on any atom is -0.324 e. The Labute approximate surface area is 204 Å². The molecule has 0 fully saturated rings. The summed E-state index contributed by atoms with van der Waals surface area (Å²) in [6.07, 6.45) is 0. The van der Waals surface area contributed by atoms with Gasteiger partial charge in [0.2, 0.25) is 11.7 Å². The Kier molecular flexibility index (Phi) is 6.08. The molecule has 5 rings (SSSR count). The predicted octanol–water partition coefficient (Wildman–Crippen LogP) is 4.87. The van der Waals surface area contributed by atoms with Gasteiger partial charge in [-0.05, 0) is 36.8 Å². The van der Waals surface area contributed by atoms with Crippen LogP contribution in [0.3, 0.4) is 0 Å². The molecule has 0 aliphatic rings. The van der Waals surface area contributed by atoms with E-state index in [1.807, 2.05) is 59.0 Å². The number of rotatable bonds is 6. The average molecular weight is 490 g/mol. The fourth-order valence-corrected chi connectivity index (χ4v) is 4.77. The van der Waals surface area contributed by atoms with Gasteiger partial charge in [-0.15, -0.1) is 10.2 Å². The molecule has 2 aromatic heterocycles. The van der Waals surface area contributed by atoms with Crippen molar-refractivity contribution in [3.05, 3.63) is 99.8 Å². The summed E-state index contributed by atoms with van der Waals surface area (Å²) in [4.78, 5) is 26.2. The molecule has 34 heavy (non-hydrogen) atoms. The van der Waals surface area contributed by atoms with Gasteiger partial charge in [0.15, 0.2) is 5.16 Å². The fourth-order valence-electron chi connectivity index (χ4n) is 3.73. The second kappa shape index (κ2) is 9.32. The van der Waals surface area contributed by atoms with E-state index in [1.54, 1.807) is 35.8 Å². The number of carbonyl (C=O) groups is 1. The topological polar surface area (TPSA) is 81.3 Å². The monoisotopic (exact) mass is 489 g/mol. The first-order valence-corrected chi connectivity index (χ1v) is 11.9. The Morgan fingerprint density at radius 3 is 2.50 bits per heavy atom. The van der Waals surface area contributed by atoms with Gasteiger partial charge in [0, 0.05) is 0 Å². The van der Waals surface area contributed by atoms with Crippen molar-refractivity contribution in [2.45, 2.75) is 23.9 Å².